The molecule has 0 aliphatic rings. The smallest absolute Gasteiger partial charge is 0.354 e. The lowest BCUT2D eigenvalue weighted by Gasteiger charge is -2.07. The number of pyridine rings is 1. The molecule has 1 aromatic heterocycles. The van der Waals surface area contributed by atoms with Crippen LogP contribution in [-0.2, 0) is 6.61 Å². The quantitative estimate of drug-likeness (QED) is 0.655. The van der Waals surface area contributed by atoms with E-state index in [0.717, 1.165) is 0 Å². The topological polar surface area (TPSA) is 103 Å². The molecular formula is C13H9BrN2O5. The van der Waals surface area contributed by atoms with E-state index in [-0.39, 0.29) is 18.0 Å². The largest absolute Gasteiger partial charge is 0.487 e. The average Bonchev–Trinajstić information content (AvgIpc) is 2.46. The van der Waals surface area contributed by atoms with Gasteiger partial charge in [-0.25, -0.2) is 9.78 Å². The van der Waals surface area contributed by atoms with E-state index >= 15 is 0 Å². The van der Waals surface area contributed by atoms with Gasteiger partial charge >= 0.3 is 5.97 Å². The Morgan fingerprint density at radius 3 is 2.71 bits per heavy atom. The predicted octanol–water partition coefficient (Wildman–Crippen LogP) is 3.03. The zero-order valence-electron chi connectivity index (χ0n) is 10.5. The second-order valence-corrected chi connectivity index (χ2v) is 4.92. The summed E-state index contributed by atoms with van der Waals surface area (Å²) in [6, 6.07) is 7.40. The van der Waals surface area contributed by atoms with Crippen LogP contribution in [0.15, 0.2) is 41.0 Å². The van der Waals surface area contributed by atoms with Crippen LogP contribution in [0, 0.1) is 10.1 Å². The fraction of sp³-hybridized carbons (Fsp3) is 0.0769. The Labute approximate surface area is 127 Å². The fourth-order valence-corrected chi connectivity index (χ4v) is 1.93. The highest BCUT2D eigenvalue weighted by Crippen LogP contribution is 2.24. The monoisotopic (exact) mass is 352 g/mol. The molecule has 2 rings (SSSR count). The van der Waals surface area contributed by atoms with Crippen LogP contribution in [0.2, 0.25) is 0 Å². The summed E-state index contributed by atoms with van der Waals surface area (Å²) in [4.78, 5) is 24.8. The maximum atomic E-state index is 11.0. The average molecular weight is 353 g/mol. The fourth-order valence-electron chi connectivity index (χ4n) is 1.58. The molecule has 0 aliphatic heterocycles. The van der Waals surface area contributed by atoms with Gasteiger partial charge in [-0.05, 0) is 24.3 Å². The highest BCUT2D eigenvalue weighted by Gasteiger charge is 2.14. The van der Waals surface area contributed by atoms with Crippen molar-refractivity contribution in [3.8, 4) is 5.75 Å². The van der Waals surface area contributed by atoms with Gasteiger partial charge in [0.15, 0.2) is 0 Å². The Morgan fingerprint density at radius 2 is 2.14 bits per heavy atom. The van der Waals surface area contributed by atoms with Crippen molar-refractivity contribution in [1.29, 1.82) is 0 Å². The van der Waals surface area contributed by atoms with Crippen molar-refractivity contribution in [2.45, 2.75) is 6.61 Å². The first-order valence-electron chi connectivity index (χ1n) is 5.72. The molecule has 7 nitrogen and oxygen atoms in total. The molecule has 2 aromatic rings. The van der Waals surface area contributed by atoms with Gasteiger partial charge in [-0.3, -0.25) is 10.1 Å². The first-order valence-corrected chi connectivity index (χ1v) is 6.51. The lowest BCUT2D eigenvalue weighted by atomic mass is 10.2. The number of carbonyl (C=O) groups is 1. The molecule has 0 aliphatic carbocycles. The summed E-state index contributed by atoms with van der Waals surface area (Å²) >= 11 is 3.17. The number of hydrogen-bond donors (Lipinski definition) is 1. The summed E-state index contributed by atoms with van der Waals surface area (Å²) < 4.78 is 5.98. The van der Waals surface area contributed by atoms with Crippen LogP contribution in [0.5, 0.6) is 5.75 Å². The van der Waals surface area contributed by atoms with Crippen LogP contribution in [0.4, 0.5) is 5.69 Å². The SMILES string of the molecule is O=C(O)c1ccc(OCc2ccc(Br)cc2[N+](=O)[O-])cn1. The van der Waals surface area contributed by atoms with Gasteiger partial charge in [-0.15, -0.1) is 0 Å². The van der Waals surface area contributed by atoms with Crippen LogP contribution < -0.4 is 4.74 Å². The number of nitro groups is 1. The number of nitrogens with zero attached hydrogens (tertiary/aromatic N) is 2. The number of halogens is 1. The molecule has 0 unspecified atom stereocenters. The lowest BCUT2D eigenvalue weighted by Crippen LogP contribution is -2.02. The van der Waals surface area contributed by atoms with E-state index in [1.54, 1.807) is 12.1 Å². The summed E-state index contributed by atoms with van der Waals surface area (Å²) in [5.74, 6) is -0.803. The molecule has 0 atom stereocenters. The molecule has 1 heterocycles. The molecule has 1 aromatic carbocycles. The first kappa shape index (κ1) is 14.9. The van der Waals surface area contributed by atoms with Crippen molar-refractivity contribution in [2.75, 3.05) is 0 Å². The van der Waals surface area contributed by atoms with Crippen molar-refractivity contribution in [3.63, 3.8) is 0 Å². The zero-order chi connectivity index (χ0) is 15.4. The Hall–Kier alpha value is -2.48. The predicted molar refractivity (Wildman–Crippen MR) is 76.3 cm³/mol. The maximum absolute atomic E-state index is 11.0. The minimum Gasteiger partial charge on any atom is -0.487 e. The molecule has 0 saturated heterocycles. The number of aromatic carboxylic acids is 1. The van der Waals surface area contributed by atoms with Crippen molar-refractivity contribution >= 4 is 27.6 Å². The van der Waals surface area contributed by atoms with Gasteiger partial charge in [0.1, 0.15) is 18.1 Å². The van der Waals surface area contributed by atoms with Gasteiger partial charge < -0.3 is 9.84 Å². The van der Waals surface area contributed by atoms with Crippen LogP contribution in [0.3, 0.4) is 0 Å². The summed E-state index contributed by atoms with van der Waals surface area (Å²) in [7, 11) is 0. The molecular weight excluding hydrogens is 344 g/mol. The molecule has 108 valence electrons. The Kier molecular flexibility index (Phi) is 4.49. The second kappa shape index (κ2) is 6.31. The number of carboxylic acids is 1. The molecule has 0 bridgehead atoms. The number of benzene rings is 1. The van der Waals surface area contributed by atoms with Crippen LogP contribution in [0.25, 0.3) is 0 Å². The molecule has 0 spiro atoms. The summed E-state index contributed by atoms with van der Waals surface area (Å²) in [6.07, 6.45) is 1.26. The highest BCUT2D eigenvalue weighted by atomic mass is 79.9. The number of carboxylic acid groups (broad SMARTS) is 1. The number of aromatic nitrogens is 1. The molecule has 21 heavy (non-hydrogen) atoms. The second-order valence-electron chi connectivity index (χ2n) is 4.00. The molecule has 0 amide bonds. The van der Waals surface area contributed by atoms with E-state index in [9.17, 15) is 14.9 Å². The minimum atomic E-state index is -1.13. The van der Waals surface area contributed by atoms with Crippen molar-refractivity contribution in [1.82, 2.24) is 4.98 Å². The Morgan fingerprint density at radius 1 is 1.38 bits per heavy atom. The van der Waals surface area contributed by atoms with Crippen molar-refractivity contribution < 1.29 is 19.6 Å². The lowest BCUT2D eigenvalue weighted by molar-refractivity contribution is -0.385. The van der Waals surface area contributed by atoms with Gasteiger partial charge in [0.05, 0.1) is 16.7 Å². The zero-order valence-corrected chi connectivity index (χ0v) is 12.1. The van der Waals surface area contributed by atoms with Crippen molar-refractivity contribution in [2.24, 2.45) is 0 Å². The van der Waals surface area contributed by atoms with Gasteiger partial charge in [-0.2, -0.15) is 0 Å². The van der Waals surface area contributed by atoms with Gasteiger partial charge in [0.2, 0.25) is 0 Å². The molecule has 0 radical (unpaired) electrons. The van der Waals surface area contributed by atoms with Crippen molar-refractivity contribution in [3.05, 3.63) is 62.4 Å². The Bertz CT molecular complexity index is 687. The third-order valence-electron chi connectivity index (χ3n) is 2.59. The molecule has 1 N–H and O–H groups in total. The van der Waals surface area contributed by atoms with Crippen LogP contribution in [0.1, 0.15) is 16.1 Å². The summed E-state index contributed by atoms with van der Waals surface area (Å²) in [5.41, 5.74) is 0.252. The standard InChI is InChI=1S/C13H9BrN2O5/c14-9-2-1-8(12(5-9)16(19)20)7-21-10-3-4-11(13(17)18)15-6-10/h1-6H,7H2,(H,17,18). The molecule has 8 heteroatoms. The van der Waals surface area contributed by atoms with E-state index in [1.165, 1.54) is 24.4 Å². The molecule has 0 saturated carbocycles. The van der Waals surface area contributed by atoms with Crippen LogP contribution in [-0.4, -0.2) is 21.0 Å². The summed E-state index contributed by atoms with van der Waals surface area (Å²) in [5, 5.41) is 19.7. The van der Waals surface area contributed by atoms with Crippen LogP contribution >= 0.6 is 15.9 Å². The van der Waals surface area contributed by atoms with Gasteiger partial charge in [0.25, 0.3) is 5.69 Å². The summed E-state index contributed by atoms with van der Waals surface area (Å²) in [6.45, 7) is -0.0162. The number of ether oxygens (including phenoxy) is 1. The van der Waals surface area contributed by atoms with E-state index in [1.807, 2.05) is 0 Å². The third-order valence-corrected chi connectivity index (χ3v) is 3.09. The third kappa shape index (κ3) is 3.76. The van der Waals surface area contributed by atoms with E-state index in [4.69, 9.17) is 9.84 Å². The number of hydrogen-bond acceptors (Lipinski definition) is 5. The normalized spacial score (nSPS) is 10.1. The van der Waals surface area contributed by atoms with E-state index in [2.05, 4.69) is 20.9 Å². The highest BCUT2D eigenvalue weighted by molar-refractivity contribution is 9.10. The van der Waals surface area contributed by atoms with E-state index < -0.39 is 10.9 Å². The minimum absolute atomic E-state index is 0.0162. The number of nitro benzene ring substituents is 1. The number of rotatable bonds is 5. The van der Waals surface area contributed by atoms with Gasteiger partial charge in [0, 0.05) is 10.5 Å². The van der Waals surface area contributed by atoms with E-state index in [0.29, 0.717) is 15.8 Å². The van der Waals surface area contributed by atoms with Gasteiger partial charge in [-0.1, -0.05) is 15.9 Å². The first-order chi connectivity index (χ1) is 9.97. The molecule has 0 fully saturated rings. The maximum Gasteiger partial charge on any atom is 0.354 e. The Balaban J connectivity index is 2.13.